The molecule has 0 aliphatic rings. The van der Waals surface area contributed by atoms with Crippen molar-refractivity contribution in [1.29, 1.82) is 0 Å². The highest BCUT2D eigenvalue weighted by Crippen LogP contribution is 2.26. The second-order valence-electron chi connectivity index (χ2n) is 6.82. The van der Waals surface area contributed by atoms with Gasteiger partial charge in [-0.05, 0) is 49.7 Å². The molecule has 2 aromatic heterocycles. The van der Waals surface area contributed by atoms with Crippen LogP contribution in [0.1, 0.15) is 11.1 Å². The van der Waals surface area contributed by atoms with Crippen molar-refractivity contribution < 1.29 is 0 Å². The van der Waals surface area contributed by atoms with Gasteiger partial charge in [0, 0.05) is 39.9 Å². The second kappa shape index (κ2) is 8.34. The number of nitrogens with zero attached hydrogens (tertiary/aromatic N) is 4. The standard InChI is InChI=1S/C22H20ClN7/c1-13-11-25-21(24)29-19(13)15-6-8-17(9-7-15)27-20-14(2)12-26-22(30-20)28-18-5-3-4-16(23)10-18/h3-12H,1-2H3,(H2,24,25,29)(H2,26,27,28,30). The van der Waals surface area contributed by atoms with Crippen LogP contribution in [0.3, 0.4) is 0 Å². The Morgan fingerprint density at radius 3 is 2.37 bits per heavy atom. The minimum Gasteiger partial charge on any atom is -0.368 e. The smallest absolute Gasteiger partial charge is 0.229 e. The Hall–Kier alpha value is -3.71. The largest absolute Gasteiger partial charge is 0.368 e. The van der Waals surface area contributed by atoms with Crippen LogP contribution < -0.4 is 16.4 Å². The molecule has 0 radical (unpaired) electrons. The van der Waals surface area contributed by atoms with Gasteiger partial charge in [0.05, 0.1) is 5.69 Å². The van der Waals surface area contributed by atoms with Gasteiger partial charge in [0.2, 0.25) is 11.9 Å². The molecule has 0 aliphatic heterocycles. The maximum atomic E-state index is 6.04. The number of aromatic nitrogens is 4. The predicted octanol–water partition coefficient (Wildman–Crippen LogP) is 5.27. The first-order valence-electron chi connectivity index (χ1n) is 9.31. The average molecular weight is 418 g/mol. The Kier molecular flexibility index (Phi) is 5.45. The highest BCUT2D eigenvalue weighted by molar-refractivity contribution is 6.30. The summed E-state index contributed by atoms with van der Waals surface area (Å²) >= 11 is 6.04. The molecule has 4 rings (SSSR count). The lowest BCUT2D eigenvalue weighted by molar-refractivity contribution is 1.13. The van der Waals surface area contributed by atoms with Crippen molar-refractivity contribution in [1.82, 2.24) is 19.9 Å². The number of nitrogen functional groups attached to an aromatic ring is 1. The molecule has 0 atom stereocenters. The Morgan fingerprint density at radius 2 is 1.60 bits per heavy atom. The normalized spacial score (nSPS) is 10.6. The monoisotopic (exact) mass is 417 g/mol. The third-order valence-corrected chi connectivity index (χ3v) is 4.70. The molecular formula is C22H20ClN7. The highest BCUT2D eigenvalue weighted by atomic mass is 35.5. The molecule has 0 bridgehead atoms. The van der Waals surface area contributed by atoms with Crippen LogP contribution in [0, 0.1) is 13.8 Å². The molecule has 2 heterocycles. The first kappa shape index (κ1) is 19.6. The number of hydrogen-bond acceptors (Lipinski definition) is 7. The van der Waals surface area contributed by atoms with Gasteiger partial charge >= 0.3 is 0 Å². The molecule has 150 valence electrons. The van der Waals surface area contributed by atoms with E-state index < -0.39 is 0 Å². The Morgan fingerprint density at radius 1 is 0.833 bits per heavy atom. The van der Waals surface area contributed by atoms with Crippen LogP contribution in [-0.4, -0.2) is 19.9 Å². The van der Waals surface area contributed by atoms with Gasteiger partial charge in [-0.15, -0.1) is 0 Å². The van der Waals surface area contributed by atoms with Crippen LogP contribution in [0.2, 0.25) is 5.02 Å². The predicted molar refractivity (Wildman–Crippen MR) is 121 cm³/mol. The molecule has 0 spiro atoms. The van der Waals surface area contributed by atoms with Crippen molar-refractivity contribution in [3.8, 4) is 11.3 Å². The number of nitrogens with one attached hydrogen (secondary N) is 2. The third kappa shape index (κ3) is 4.47. The van der Waals surface area contributed by atoms with Gasteiger partial charge in [-0.2, -0.15) is 4.98 Å². The minimum atomic E-state index is 0.258. The maximum absolute atomic E-state index is 6.04. The zero-order valence-corrected chi connectivity index (χ0v) is 17.3. The zero-order valence-electron chi connectivity index (χ0n) is 16.5. The van der Waals surface area contributed by atoms with Crippen molar-refractivity contribution in [2.24, 2.45) is 0 Å². The van der Waals surface area contributed by atoms with E-state index in [1.165, 1.54) is 0 Å². The van der Waals surface area contributed by atoms with Crippen LogP contribution >= 0.6 is 11.6 Å². The summed E-state index contributed by atoms with van der Waals surface area (Å²) in [5.41, 5.74) is 11.1. The van der Waals surface area contributed by atoms with Gasteiger partial charge in [-0.3, -0.25) is 0 Å². The molecule has 0 amide bonds. The minimum absolute atomic E-state index is 0.258. The van der Waals surface area contributed by atoms with E-state index in [9.17, 15) is 0 Å². The maximum Gasteiger partial charge on any atom is 0.229 e. The number of rotatable bonds is 5. The third-order valence-electron chi connectivity index (χ3n) is 4.46. The van der Waals surface area contributed by atoms with Gasteiger partial charge in [0.25, 0.3) is 0 Å². The average Bonchev–Trinajstić information content (AvgIpc) is 2.73. The number of aryl methyl sites for hydroxylation is 2. The van der Waals surface area contributed by atoms with Gasteiger partial charge < -0.3 is 16.4 Å². The summed E-state index contributed by atoms with van der Waals surface area (Å²) in [5, 5.41) is 7.15. The van der Waals surface area contributed by atoms with Gasteiger partial charge in [0.1, 0.15) is 5.82 Å². The second-order valence-corrected chi connectivity index (χ2v) is 7.26. The molecular weight excluding hydrogens is 398 g/mol. The summed E-state index contributed by atoms with van der Waals surface area (Å²) in [6.07, 6.45) is 3.49. The van der Waals surface area contributed by atoms with Crippen LogP contribution in [0.15, 0.2) is 60.9 Å². The molecule has 4 aromatic rings. The molecule has 0 unspecified atom stereocenters. The zero-order chi connectivity index (χ0) is 21.1. The number of nitrogens with two attached hydrogens (primary N) is 1. The van der Waals surface area contributed by atoms with Gasteiger partial charge in [-0.25, -0.2) is 15.0 Å². The summed E-state index contributed by atoms with van der Waals surface area (Å²) in [6, 6.07) is 15.3. The van der Waals surface area contributed by atoms with E-state index >= 15 is 0 Å². The van der Waals surface area contributed by atoms with Crippen molar-refractivity contribution in [3.63, 3.8) is 0 Å². The molecule has 4 N–H and O–H groups in total. The van der Waals surface area contributed by atoms with Gasteiger partial charge in [-0.1, -0.05) is 29.8 Å². The van der Waals surface area contributed by atoms with Crippen LogP contribution in [0.25, 0.3) is 11.3 Å². The van der Waals surface area contributed by atoms with Crippen LogP contribution in [0.5, 0.6) is 0 Å². The Balaban J connectivity index is 1.54. The fraction of sp³-hybridized carbons (Fsp3) is 0.0909. The summed E-state index contributed by atoms with van der Waals surface area (Å²) in [5.74, 6) is 1.45. The molecule has 0 aliphatic carbocycles. The number of benzene rings is 2. The van der Waals surface area contributed by atoms with E-state index in [0.717, 1.165) is 33.8 Å². The SMILES string of the molecule is Cc1cnc(Nc2cccc(Cl)c2)nc1Nc1ccc(-c2nc(N)ncc2C)cc1. The van der Waals surface area contributed by atoms with E-state index in [1.54, 1.807) is 12.4 Å². The molecule has 0 saturated heterocycles. The quantitative estimate of drug-likeness (QED) is 0.406. The Bertz CT molecular complexity index is 1190. The first-order chi connectivity index (χ1) is 14.5. The molecule has 0 saturated carbocycles. The summed E-state index contributed by atoms with van der Waals surface area (Å²) in [7, 11) is 0. The Labute approximate surface area is 179 Å². The van der Waals surface area contributed by atoms with Gasteiger partial charge in [0.15, 0.2) is 0 Å². The molecule has 0 fully saturated rings. The molecule has 8 heteroatoms. The summed E-state index contributed by atoms with van der Waals surface area (Å²) in [6.45, 7) is 3.91. The van der Waals surface area contributed by atoms with E-state index in [1.807, 2.05) is 62.4 Å². The number of hydrogen-bond donors (Lipinski definition) is 3. The van der Waals surface area contributed by atoms with E-state index in [0.29, 0.717) is 16.8 Å². The first-order valence-corrected chi connectivity index (χ1v) is 9.68. The topological polar surface area (TPSA) is 102 Å². The van der Waals surface area contributed by atoms with Crippen molar-refractivity contribution in [3.05, 3.63) is 77.1 Å². The van der Waals surface area contributed by atoms with E-state index in [2.05, 4.69) is 30.6 Å². The molecule has 7 nitrogen and oxygen atoms in total. The summed E-state index contributed by atoms with van der Waals surface area (Å²) in [4.78, 5) is 17.3. The fourth-order valence-corrected chi connectivity index (χ4v) is 3.11. The highest BCUT2D eigenvalue weighted by Gasteiger charge is 2.08. The van der Waals surface area contributed by atoms with E-state index in [-0.39, 0.29) is 5.95 Å². The number of halogens is 1. The summed E-state index contributed by atoms with van der Waals surface area (Å²) < 4.78 is 0. The molecule has 30 heavy (non-hydrogen) atoms. The van der Waals surface area contributed by atoms with Crippen molar-refractivity contribution in [2.75, 3.05) is 16.4 Å². The van der Waals surface area contributed by atoms with Crippen LogP contribution in [-0.2, 0) is 0 Å². The van der Waals surface area contributed by atoms with Crippen LogP contribution in [0.4, 0.5) is 29.1 Å². The fourth-order valence-electron chi connectivity index (χ4n) is 2.92. The van der Waals surface area contributed by atoms with Crippen molar-refractivity contribution in [2.45, 2.75) is 13.8 Å². The lowest BCUT2D eigenvalue weighted by atomic mass is 10.1. The van der Waals surface area contributed by atoms with E-state index in [4.69, 9.17) is 17.3 Å². The molecule has 2 aromatic carbocycles. The number of anilines is 5. The lowest BCUT2D eigenvalue weighted by Crippen LogP contribution is -2.03. The van der Waals surface area contributed by atoms with Crippen molar-refractivity contribution >= 4 is 40.7 Å². The lowest BCUT2D eigenvalue weighted by Gasteiger charge is -2.12.